The van der Waals surface area contributed by atoms with E-state index < -0.39 is 93.0 Å². The van der Waals surface area contributed by atoms with Crippen molar-refractivity contribution in [3.63, 3.8) is 0 Å². The molecule has 0 aliphatic heterocycles. The Balaban J connectivity index is 3.09. The van der Waals surface area contributed by atoms with Gasteiger partial charge >= 0.3 is 24.2 Å². The van der Waals surface area contributed by atoms with Gasteiger partial charge in [-0.25, -0.2) is 35.1 Å². The van der Waals surface area contributed by atoms with E-state index in [1.165, 1.54) is 0 Å². The van der Waals surface area contributed by atoms with Gasteiger partial charge in [0.2, 0.25) is 0 Å². The van der Waals surface area contributed by atoms with Crippen molar-refractivity contribution in [3.8, 4) is 0 Å². The maximum atomic E-state index is 14.6. The predicted molar refractivity (Wildman–Crippen MR) is 70.5 cm³/mol. The van der Waals surface area contributed by atoms with Crippen LogP contribution in [0.4, 0.5) is 79.0 Å². The Kier molecular flexibility index (Phi) is 6.34. The first-order valence-corrected chi connectivity index (χ1v) is 7.65. The van der Waals surface area contributed by atoms with E-state index in [1.807, 2.05) is 0 Å². The molecule has 190 valence electrons. The van der Waals surface area contributed by atoms with Crippen LogP contribution in [0.25, 0.3) is 0 Å². The molecule has 0 aliphatic carbocycles. The van der Waals surface area contributed by atoms with Gasteiger partial charge in [-0.1, -0.05) is 0 Å². The van der Waals surface area contributed by atoms with E-state index in [4.69, 9.17) is 0 Å². The molecule has 2 aromatic rings. The first-order chi connectivity index (χ1) is 15.0. The van der Waals surface area contributed by atoms with E-state index in [9.17, 15) is 79.0 Å². The molecule has 34 heavy (non-hydrogen) atoms. The van der Waals surface area contributed by atoms with Crippen molar-refractivity contribution in [2.45, 2.75) is 24.2 Å². The molecule has 0 aliphatic rings. The Morgan fingerprint density at radius 1 is 0.324 bits per heavy atom. The Bertz CT molecular complexity index is 1120. The maximum Gasteiger partial charge on any atom is 0.458 e. The predicted octanol–water partition coefficient (Wildman–Crippen LogP) is 7.61. The third kappa shape index (κ3) is 3.79. The summed E-state index contributed by atoms with van der Waals surface area (Å²) >= 11 is 0. The first-order valence-electron chi connectivity index (χ1n) is 7.65. The summed E-state index contributed by atoms with van der Waals surface area (Å²) in [7, 11) is 0. The molecule has 18 heteroatoms. The fourth-order valence-corrected chi connectivity index (χ4v) is 2.64. The summed E-state index contributed by atoms with van der Waals surface area (Å²) in [6.07, 6.45) is -13.6. The van der Waals surface area contributed by atoms with Crippen molar-refractivity contribution >= 4 is 0 Å². The number of halogens is 18. The van der Waals surface area contributed by atoms with Crippen LogP contribution < -0.4 is 0 Å². The minimum atomic E-state index is -7.00. The summed E-state index contributed by atoms with van der Waals surface area (Å²) in [5.41, 5.74) is -15.2. The standard InChI is InChI=1S/C16F18/c17-5-1(2(15(29,30)31)6(18)12(24)11(5)23)13(25,26)3-7(19)9(21)4(10(22)8(3)20)14(27,28)16(32,33)34. The van der Waals surface area contributed by atoms with Crippen LogP contribution in [0, 0.1) is 46.5 Å². The van der Waals surface area contributed by atoms with Gasteiger partial charge in [0, 0.05) is 0 Å². The number of hydrogen-bond donors (Lipinski definition) is 0. The van der Waals surface area contributed by atoms with Crippen molar-refractivity contribution in [1.29, 1.82) is 0 Å². The molecule has 2 rings (SSSR count). The van der Waals surface area contributed by atoms with E-state index in [1.54, 1.807) is 0 Å². The van der Waals surface area contributed by atoms with Crippen LogP contribution in [0.5, 0.6) is 0 Å². The van der Waals surface area contributed by atoms with Crippen LogP contribution >= 0.6 is 0 Å². The second-order valence-electron chi connectivity index (χ2n) is 6.16. The first kappa shape index (κ1) is 27.4. The summed E-state index contributed by atoms with van der Waals surface area (Å²) < 4.78 is 241. The molecule has 0 unspecified atom stereocenters. The molecule has 0 N–H and O–H groups in total. The zero-order valence-corrected chi connectivity index (χ0v) is 14.8. The SMILES string of the molecule is Fc1c(F)c(F)c(C(F)(F)c2c(F)c(F)c(C(F)(F)C(F)(F)F)c(F)c2F)c(C(F)(F)F)c1F. The highest BCUT2D eigenvalue weighted by atomic mass is 19.4. The lowest BCUT2D eigenvalue weighted by atomic mass is 9.91. The lowest BCUT2D eigenvalue weighted by molar-refractivity contribution is -0.291. The van der Waals surface area contributed by atoms with Crippen LogP contribution in [-0.2, 0) is 18.0 Å². The normalized spacial score (nSPS) is 13.6. The average molecular weight is 534 g/mol. The van der Waals surface area contributed by atoms with E-state index >= 15 is 0 Å². The highest BCUT2D eigenvalue weighted by Crippen LogP contribution is 2.51. The third-order valence-corrected chi connectivity index (χ3v) is 4.11. The quantitative estimate of drug-likeness (QED) is 0.216. The van der Waals surface area contributed by atoms with Crippen LogP contribution in [0.15, 0.2) is 0 Å². The number of benzene rings is 2. The molecule has 0 heterocycles. The van der Waals surface area contributed by atoms with Gasteiger partial charge in [-0.2, -0.15) is 43.9 Å². The highest BCUT2D eigenvalue weighted by molar-refractivity contribution is 5.46. The monoisotopic (exact) mass is 534 g/mol. The van der Waals surface area contributed by atoms with E-state index in [0.29, 0.717) is 0 Å². The van der Waals surface area contributed by atoms with Crippen molar-refractivity contribution < 1.29 is 79.0 Å². The fraction of sp³-hybridized carbons (Fsp3) is 0.250. The molecule has 0 saturated carbocycles. The van der Waals surface area contributed by atoms with Crippen LogP contribution in [0.3, 0.4) is 0 Å². The fourth-order valence-electron chi connectivity index (χ4n) is 2.64. The van der Waals surface area contributed by atoms with Gasteiger partial charge in [0.15, 0.2) is 46.5 Å². The van der Waals surface area contributed by atoms with Crippen molar-refractivity contribution in [2.75, 3.05) is 0 Å². The largest absolute Gasteiger partial charge is 0.458 e. The molecule has 0 atom stereocenters. The molecular weight excluding hydrogens is 534 g/mol. The second-order valence-corrected chi connectivity index (χ2v) is 6.16. The topological polar surface area (TPSA) is 0 Å². The van der Waals surface area contributed by atoms with Crippen molar-refractivity contribution in [3.05, 3.63) is 68.8 Å². The summed E-state index contributed by atoms with van der Waals surface area (Å²) in [6, 6.07) is 0. The van der Waals surface area contributed by atoms with Gasteiger partial charge in [0.1, 0.15) is 16.7 Å². The molecule has 0 fully saturated rings. The molecule has 0 bridgehead atoms. The molecule has 0 nitrogen and oxygen atoms in total. The summed E-state index contributed by atoms with van der Waals surface area (Å²) in [4.78, 5) is 0. The Morgan fingerprint density at radius 2 is 0.618 bits per heavy atom. The minimum Gasteiger partial charge on any atom is -0.203 e. The van der Waals surface area contributed by atoms with Gasteiger partial charge in [-0.15, -0.1) is 0 Å². The molecule has 0 radical (unpaired) electrons. The molecular formula is C16F18. The van der Waals surface area contributed by atoms with E-state index in [2.05, 4.69) is 0 Å². The van der Waals surface area contributed by atoms with Crippen LogP contribution in [0.2, 0.25) is 0 Å². The Hall–Kier alpha value is -2.82. The maximum absolute atomic E-state index is 14.6. The van der Waals surface area contributed by atoms with E-state index in [0.717, 1.165) is 0 Å². The minimum absolute atomic E-state index is 3.37. The van der Waals surface area contributed by atoms with Gasteiger partial charge in [0.25, 0.3) is 0 Å². The third-order valence-electron chi connectivity index (χ3n) is 4.11. The number of hydrogen-bond acceptors (Lipinski definition) is 0. The molecule has 0 spiro atoms. The lowest BCUT2D eigenvalue weighted by Gasteiger charge is -2.26. The molecule has 0 aromatic heterocycles. The van der Waals surface area contributed by atoms with Crippen LogP contribution in [-0.4, -0.2) is 6.18 Å². The van der Waals surface area contributed by atoms with Gasteiger partial charge < -0.3 is 0 Å². The van der Waals surface area contributed by atoms with Gasteiger partial charge in [-0.3, -0.25) is 0 Å². The zero-order chi connectivity index (χ0) is 26.9. The van der Waals surface area contributed by atoms with E-state index in [-0.39, 0.29) is 0 Å². The van der Waals surface area contributed by atoms with Crippen molar-refractivity contribution in [2.24, 2.45) is 0 Å². The van der Waals surface area contributed by atoms with Gasteiger partial charge in [-0.05, 0) is 0 Å². The number of rotatable bonds is 3. The second kappa shape index (κ2) is 7.86. The zero-order valence-electron chi connectivity index (χ0n) is 14.8. The smallest absolute Gasteiger partial charge is 0.203 e. The Labute approximate surface area is 173 Å². The molecule has 2 aromatic carbocycles. The summed E-state index contributed by atoms with van der Waals surface area (Å²) in [5, 5.41) is 0. The van der Waals surface area contributed by atoms with Gasteiger partial charge in [0.05, 0.1) is 5.56 Å². The summed E-state index contributed by atoms with van der Waals surface area (Å²) in [6.45, 7) is 0. The van der Waals surface area contributed by atoms with Crippen LogP contribution in [0.1, 0.15) is 22.3 Å². The highest BCUT2D eigenvalue weighted by Gasteiger charge is 2.63. The summed E-state index contributed by atoms with van der Waals surface area (Å²) in [5.74, 6) is -43.2. The molecule has 0 saturated heterocycles. The average Bonchev–Trinajstić information content (AvgIpc) is 2.65. The number of alkyl halides is 10. The Morgan fingerprint density at radius 3 is 0.941 bits per heavy atom. The molecule has 0 amide bonds. The lowest BCUT2D eigenvalue weighted by Crippen LogP contribution is -2.37. The van der Waals surface area contributed by atoms with Crippen molar-refractivity contribution in [1.82, 2.24) is 0 Å².